The van der Waals surface area contributed by atoms with Crippen LogP contribution in [0.3, 0.4) is 0 Å². The van der Waals surface area contributed by atoms with Gasteiger partial charge in [-0.15, -0.1) is 0 Å². The molecule has 0 bridgehead atoms. The summed E-state index contributed by atoms with van der Waals surface area (Å²) in [4.78, 5) is 79.4. The van der Waals surface area contributed by atoms with Crippen LogP contribution in [0.1, 0.15) is 30.5 Å². The molecule has 0 fully saturated rings. The van der Waals surface area contributed by atoms with Crippen molar-refractivity contribution in [3.05, 3.63) is 54.1 Å². The van der Waals surface area contributed by atoms with E-state index in [1.165, 1.54) is 12.5 Å². The Morgan fingerprint density at radius 3 is 2.05 bits per heavy atom. The largest absolute Gasteiger partial charge is 0.481 e. The number of carbonyl (C=O) groups is 6. The molecule has 4 amide bonds. The number of primary amides is 1. The minimum Gasteiger partial charge on any atom is -0.481 e. The van der Waals surface area contributed by atoms with Crippen LogP contribution in [0.5, 0.6) is 0 Å². The number of H-pyrrole nitrogens is 1. The summed E-state index contributed by atoms with van der Waals surface area (Å²) in [5.74, 6) is -6.10. The van der Waals surface area contributed by atoms with Crippen LogP contribution in [0.25, 0.3) is 0 Å². The summed E-state index contributed by atoms with van der Waals surface area (Å²) >= 11 is 0. The molecule has 1 aromatic heterocycles. The van der Waals surface area contributed by atoms with E-state index >= 15 is 0 Å². The van der Waals surface area contributed by atoms with E-state index in [0.29, 0.717) is 11.3 Å². The van der Waals surface area contributed by atoms with Gasteiger partial charge in [-0.05, 0) is 12.0 Å². The van der Waals surface area contributed by atoms with Crippen molar-refractivity contribution in [1.29, 1.82) is 0 Å². The van der Waals surface area contributed by atoms with Crippen molar-refractivity contribution in [1.82, 2.24) is 25.9 Å². The number of aromatic nitrogens is 2. The molecule has 15 heteroatoms. The van der Waals surface area contributed by atoms with Gasteiger partial charge in [0.25, 0.3) is 0 Å². The zero-order valence-electron chi connectivity index (χ0n) is 20.8. The quantitative estimate of drug-likeness (QED) is 0.113. The Bertz CT molecular complexity index is 1160. The van der Waals surface area contributed by atoms with Gasteiger partial charge in [-0.2, -0.15) is 0 Å². The summed E-state index contributed by atoms with van der Waals surface area (Å²) in [6.07, 6.45) is 1.20. The number of nitrogens with one attached hydrogen (secondary N) is 4. The molecule has 39 heavy (non-hydrogen) atoms. The van der Waals surface area contributed by atoms with Crippen LogP contribution >= 0.6 is 0 Å². The molecular formula is C24H31N7O8. The van der Waals surface area contributed by atoms with Gasteiger partial charge in [0.15, 0.2) is 0 Å². The number of rotatable bonds is 16. The van der Waals surface area contributed by atoms with Crippen LogP contribution in [-0.2, 0) is 41.6 Å². The molecule has 0 saturated carbocycles. The van der Waals surface area contributed by atoms with Crippen molar-refractivity contribution in [2.75, 3.05) is 0 Å². The summed E-state index contributed by atoms with van der Waals surface area (Å²) in [7, 11) is 0. The molecule has 0 aliphatic rings. The number of carboxylic acid groups (broad SMARTS) is 2. The van der Waals surface area contributed by atoms with Crippen LogP contribution in [0.2, 0.25) is 0 Å². The second-order valence-electron chi connectivity index (χ2n) is 8.70. The molecule has 15 nitrogen and oxygen atoms in total. The van der Waals surface area contributed by atoms with Gasteiger partial charge in [-0.3, -0.25) is 24.0 Å². The highest BCUT2D eigenvalue weighted by molar-refractivity contribution is 5.95. The monoisotopic (exact) mass is 545 g/mol. The molecule has 1 heterocycles. The third kappa shape index (κ3) is 10.6. The van der Waals surface area contributed by atoms with Crippen LogP contribution in [0.15, 0.2) is 42.9 Å². The molecule has 0 saturated heterocycles. The summed E-state index contributed by atoms with van der Waals surface area (Å²) in [6, 6.07) is 3.11. The molecule has 4 unspecified atom stereocenters. The van der Waals surface area contributed by atoms with Gasteiger partial charge in [-0.25, -0.2) is 9.78 Å². The first-order valence-corrected chi connectivity index (χ1v) is 11.9. The molecule has 0 spiro atoms. The third-order valence-corrected chi connectivity index (χ3v) is 5.55. The highest BCUT2D eigenvalue weighted by Gasteiger charge is 2.31. The van der Waals surface area contributed by atoms with E-state index in [1.54, 1.807) is 30.3 Å². The molecular weight excluding hydrogens is 514 g/mol. The smallest absolute Gasteiger partial charge is 0.326 e. The Labute approximate surface area is 222 Å². The van der Waals surface area contributed by atoms with E-state index in [0.717, 1.165) is 0 Å². The maximum Gasteiger partial charge on any atom is 0.326 e. The highest BCUT2D eigenvalue weighted by Crippen LogP contribution is 2.07. The molecule has 10 N–H and O–H groups in total. The number of aromatic amines is 1. The molecule has 2 aromatic rings. The molecule has 0 radical (unpaired) electrons. The summed E-state index contributed by atoms with van der Waals surface area (Å²) in [6.45, 7) is 0. The van der Waals surface area contributed by atoms with Crippen molar-refractivity contribution >= 4 is 35.6 Å². The first kappa shape index (κ1) is 30.4. The number of carboxylic acids is 2. The Morgan fingerprint density at radius 1 is 0.872 bits per heavy atom. The van der Waals surface area contributed by atoms with Gasteiger partial charge in [0.05, 0.1) is 18.8 Å². The van der Waals surface area contributed by atoms with Crippen LogP contribution in [0, 0.1) is 0 Å². The zero-order valence-corrected chi connectivity index (χ0v) is 20.8. The lowest BCUT2D eigenvalue weighted by Crippen LogP contribution is -2.58. The van der Waals surface area contributed by atoms with Crippen molar-refractivity contribution < 1.29 is 39.0 Å². The number of amides is 4. The Balaban J connectivity index is 2.22. The lowest BCUT2D eigenvalue weighted by atomic mass is 10.0. The fraction of sp³-hybridized carbons (Fsp3) is 0.375. The molecule has 1 aromatic carbocycles. The number of aliphatic carboxylic acids is 2. The van der Waals surface area contributed by atoms with E-state index in [1.807, 2.05) is 0 Å². The van der Waals surface area contributed by atoms with Crippen molar-refractivity contribution in [2.24, 2.45) is 11.5 Å². The average molecular weight is 546 g/mol. The number of nitrogens with two attached hydrogens (primary N) is 2. The third-order valence-electron chi connectivity index (χ3n) is 5.55. The molecule has 0 aliphatic carbocycles. The Hall–Kier alpha value is -4.79. The zero-order chi connectivity index (χ0) is 28.9. The van der Waals surface area contributed by atoms with Gasteiger partial charge in [0.2, 0.25) is 23.6 Å². The number of carbonyl (C=O) groups excluding carboxylic acids is 4. The van der Waals surface area contributed by atoms with Crippen LogP contribution < -0.4 is 27.4 Å². The molecule has 2 rings (SSSR count). The summed E-state index contributed by atoms with van der Waals surface area (Å²) in [5, 5.41) is 25.9. The number of benzene rings is 1. The van der Waals surface area contributed by atoms with Gasteiger partial charge in [-0.1, -0.05) is 30.3 Å². The fourth-order valence-corrected chi connectivity index (χ4v) is 3.54. The van der Waals surface area contributed by atoms with E-state index in [9.17, 15) is 33.9 Å². The molecule has 0 aliphatic heterocycles. The normalized spacial score (nSPS) is 13.8. The van der Waals surface area contributed by atoms with E-state index < -0.39 is 72.6 Å². The number of nitrogens with zero attached hydrogens (tertiary/aromatic N) is 1. The van der Waals surface area contributed by atoms with Gasteiger partial charge in [0, 0.05) is 31.2 Å². The number of hydrogen-bond donors (Lipinski definition) is 8. The van der Waals surface area contributed by atoms with E-state index in [4.69, 9.17) is 16.6 Å². The SMILES string of the molecule is NC(=O)CC(N)C(=O)NC(CCC(=O)O)C(=O)NC(Cc1cnc[nH]1)C(=O)NC(Cc1ccccc1)C(=O)O. The summed E-state index contributed by atoms with van der Waals surface area (Å²) in [5.41, 5.74) is 11.7. The standard InChI is InChI=1S/C24H31N7O8/c25-15(10-19(26)32)21(35)29-16(6-7-20(33)34)22(36)30-17(9-14-11-27-12-28-14)23(37)31-18(24(38)39)8-13-4-2-1-3-5-13/h1-5,11-12,15-18H,6-10,25H2,(H2,26,32)(H,27,28)(H,29,35)(H,30,36)(H,31,37)(H,33,34)(H,38,39). The number of hydrogen-bond acceptors (Lipinski definition) is 8. The predicted octanol–water partition coefficient (Wildman–Crippen LogP) is -2.20. The van der Waals surface area contributed by atoms with Gasteiger partial charge >= 0.3 is 11.9 Å². The number of imidazole rings is 1. The Kier molecular flexibility index (Phi) is 11.6. The maximum absolute atomic E-state index is 13.2. The first-order valence-electron chi connectivity index (χ1n) is 11.9. The Morgan fingerprint density at radius 2 is 1.49 bits per heavy atom. The molecule has 210 valence electrons. The summed E-state index contributed by atoms with van der Waals surface area (Å²) < 4.78 is 0. The van der Waals surface area contributed by atoms with Gasteiger partial charge in [0.1, 0.15) is 18.1 Å². The second-order valence-corrected chi connectivity index (χ2v) is 8.70. The average Bonchev–Trinajstić information content (AvgIpc) is 3.38. The lowest BCUT2D eigenvalue weighted by molar-refractivity contribution is -0.142. The molecule has 4 atom stereocenters. The van der Waals surface area contributed by atoms with E-state index in [2.05, 4.69) is 25.9 Å². The second kappa shape index (κ2) is 14.8. The van der Waals surface area contributed by atoms with Crippen molar-refractivity contribution in [3.63, 3.8) is 0 Å². The van der Waals surface area contributed by atoms with Crippen molar-refractivity contribution in [2.45, 2.75) is 56.3 Å². The fourth-order valence-electron chi connectivity index (χ4n) is 3.54. The lowest BCUT2D eigenvalue weighted by Gasteiger charge is -2.25. The minimum absolute atomic E-state index is 0.0261. The first-order chi connectivity index (χ1) is 18.5. The minimum atomic E-state index is -1.44. The van der Waals surface area contributed by atoms with Gasteiger partial charge < -0.3 is 42.6 Å². The topological polar surface area (TPSA) is 260 Å². The van der Waals surface area contributed by atoms with Crippen LogP contribution in [-0.4, -0.2) is 79.9 Å². The van der Waals surface area contributed by atoms with Crippen molar-refractivity contribution in [3.8, 4) is 0 Å². The maximum atomic E-state index is 13.2. The highest BCUT2D eigenvalue weighted by atomic mass is 16.4. The van der Waals surface area contributed by atoms with E-state index in [-0.39, 0.29) is 19.3 Å². The van der Waals surface area contributed by atoms with Crippen LogP contribution in [0.4, 0.5) is 0 Å². The predicted molar refractivity (Wildman–Crippen MR) is 135 cm³/mol.